The monoisotopic (exact) mass is 328 g/mol. The van der Waals surface area contributed by atoms with E-state index in [1.54, 1.807) is 45.7 Å². The molecule has 0 fully saturated rings. The van der Waals surface area contributed by atoms with Gasteiger partial charge >= 0.3 is 0 Å². The van der Waals surface area contributed by atoms with Gasteiger partial charge in [0.25, 0.3) is 0 Å². The Morgan fingerprint density at radius 1 is 1.12 bits per heavy atom. The van der Waals surface area contributed by atoms with Gasteiger partial charge in [-0.2, -0.15) is 0 Å². The summed E-state index contributed by atoms with van der Waals surface area (Å²) in [5, 5.41) is 2.80. The highest BCUT2D eigenvalue weighted by Gasteiger charge is 2.13. The minimum absolute atomic E-state index is 0.236. The molecule has 0 saturated carbocycles. The van der Waals surface area contributed by atoms with Crippen molar-refractivity contribution in [3.05, 3.63) is 53.9 Å². The first-order chi connectivity index (χ1) is 11.7. The van der Waals surface area contributed by atoms with Crippen molar-refractivity contribution in [2.75, 3.05) is 21.3 Å². The normalized spacial score (nSPS) is 10.5. The molecule has 0 aliphatic rings. The van der Waals surface area contributed by atoms with Gasteiger partial charge in [0, 0.05) is 24.4 Å². The van der Waals surface area contributed by atoms with E-state index in [1.807, 2.05) is 18.2 Å². The van der Waals surface area contributed by atoms with Crippen LogP contribution in [0.1, 0.15) is 11.3 Å². The van der Waals surface area contributed by atoms with E-state index in [1.165, 1.54) is 6.08 Å². The van der Waals surface area contributed by atoms with Crippen LogP contribution in [0.4, 0.5) is 0 Å². The van der Waals surface area contributed by atoms with E-state index in [0.29, 0.717) is 22.9 Å². The lowest BCUT2D eigenvalue weighted by atomic mass is 10.1. The number of ether oxygens (including phenoxy) is 3. The Bertz CT molecular complexity index is 689. The van der Waals surface area contributed by atoms with Crippen molar-refractivity contribution >= 4 is 12.0 Å². The van der Waals surface area contributed by atoms with Gasteiger partial charge in [-0.15, -0.1) is 0 Å². The molecule has 1 amide bonds. The zero-order chi connectivity index (χ0) is 17.4. The average molecular weight is 328 g/mol. The fourth-order valence-electron chi connectivity index (χ4n) is 2.12. The largest absolute Gasteiger partial charge is 0.496 e. The van der Waals surface area contributed by atoms with Crippen LogP contribution in [0.15, 0.2) is 42.6 Å². The van der Waals surface area contributed by atoms with Gasteiger partial charge in [-0.1, -0.05) is 6.07 Å². The number of nitrogens with one attached hydrogen (secondary N) is 1. The van der Waals surface area contributed by atoms with Gasteiger partial charge in [0.2, 0.25) is 5.91 Å². The van der Waals surface area contributed by atoms with Gasteiger partial charge < -0.3 is 19.5 Å². The third kappa shape index (κ3) is 4.49. The van der Waals surface area contributed by atoms with E-state index >= 15 is 0 Å². The molecule has 0 radical (unpaired) electrons. The molecule has 0 atom stereocenters. The topological polar surface area (TPSA) is 69.7 Å². The Morgan fingerprint density at radius 2 is 1.83 bits per heavy atom. The number of amides is 1. The lowest BCUT2D eigenvalue weighted by Gasteiger charge is -2.15. The summed E-state index contributed by atoms with van der Waals surface area (Å²) in [4.78, 5) is 16.1. The molecule has 6 heteroatoms. The molecule has 0 bridgehead atoms. The van der Waals surface area contributed by atoms with E-state index in [2.05, 4.69) is 10.3 Å². The van der Waals surface area contributed by atoms with E-state index < -0.39 is 0 Å². The first-order valence-electron chi connectivity index (χ1n) is 7.33. The van der Waals surface area contributed by atoms with Crippen LogP contribution in [-0.2, 0) is 11.3 Å². The van der Waals surface area contributed by atoms with E-state index in [9.17, 15) is 4.79 Å². The highest BCUT2D eigenvalue weighted by molar-refractivity contribution is 5.91. The Morgan fingerprint density at radius 3 is 2.38 bits per heavy atom. The maximum atomic E-state index is 12.0. The third-order valence-electron chi connectivity index (χ3n) is 3.35. The second-order valence-corrected chi connectivity index (χ2v) is 4.82. The first kappa shape index (κ1) is 17.3. The summed E-state index contributed by atoms with van der Waals surface area (Å²) >= 11 is 0. The number of carbonyl (C=O) groups excluding carboxylic acids is 1. The number of carbonyl (C=O) groups is 1. The standard InChI is InChI=1S/C18H20N2O4/c1-22-14-10-16(23-2)15(17(11-14)24-3)12-20-18(21)8-7-13-6-4-5-9-19-13/h4-11H,12H2,1-3H3,(H,20,21)/b8-7+. The number of methoxy groups -OCH3 is 3. The number of pyridine rings is 1. The highest BCUT2D eigenvalue weighted by Crippen LogP contribution is 2.33. The fraction of sp³-hybridized carbons (Fsp3) is 0.222. The van der Waals surface area contributed by atoms with E-state index in [-0.39, 0.29) is 12.5 Å². The molecule has 126 valence electrons. The van der Waals surface area contributed by atoms with Crippen molar-refractivity contribution < 1.29 is 19.0 Å². The minimum atomic E-state index is -0.236. The van der Waals surface area contributed by atoms with Crippen LogP contribution >= 0.6 is 0 Å². The van der Waals surface area contributed by atoms with Gasteiger partial charge in [-0.05, 0) is 18.2 Å². The summed E-state index contributed by atoms with van der Waals surface area (Å²) in [5.41, 5.74) is 1.45. The Hall–Kier alpha value is -3.02. The smallest absolute Gasteiger partial charge is 0.244 e. The molecule has 1 aromatic heterocycles. The van der Waals surface area contributed by atoms with Crippen LogP contribution < -0.4 is 19.5 Å². The summed E-state index contributed by atoms with van der Waals surface area (Å²) in [6.45, 7) is 0.266. The molecule has 0 spiro atoms. The van der Waals surface area contributed by atoms with Gasteiger partial charge in [-0.25, -0.2) is 0 Å². The maximum absolute atomic E-state index is 12.0. The van der Waals surface area contributed by atoms with Crippen LogP contribution in [0.5, 0.6) is 17.2 Å². The maximum Gasteiger partial charge on any atom is 0.244 e. The molecule has 1 heterocycles. The molecule has 0 aliphatic heterocycles. The lowest BCUT2D eigenvalue weighted by molar-refractivity contribution is -0.116. The SMILES string of the molecule is COc1cc(OC)c(CNC(=O)/C=C/c2ccccn2)c(OC)c1. The third-order valence-corrected chi connectivity index (χ3v) is 3.35. The van der Waals surface area contributed by atoms with E-state index in [0.717, 1.165) is 5.56 Å². The second-order valence-electron chi connectivity index (χ2n) is 4.82. The van der Waals surface area contributed by atoms with Crippen molar-refractivity contribution in [1.29, 1.82) is 0 Å². The number of nitrogens with zero attached hydrogens (tertiary/aromatic N) is 1. The van der Waals surface area contributed by atoms with Crippen LogP contribution in [0, 0.1) is 0 Å². The molecule has 0 aliphatic carbocycles. The van der Waals surface area contributed by atoms with Gasteiger partial charge in [0.05, 0.1) is 39.1 Å². The van der Waals surface area contributed by atoms with Gasteiger partial charge in [0.1, 0.15) is 17.2 Å². The average Bonchev–Trinajstić information content (AvgIpc) is 2.64. The zero-order valence-corrected chi connectivity index (χ0v) is 13.9. The molecular weight excluding hydrogens is 308 g/mol. The quantitative estimate of drug-likeness (QED) is 0.791. The van der Waals surface area contributed by atoms with Crippen molar-refractivity contribution in [1.82, 2.24) is 10.3 Å². The summed E-state index contributed by atoms with van der Waals surface area (Å²) in [6.07, 6.45) is 4.76. The Balaban J connectivity index is 2.08. The zero-order valence-electron chi connectivity index (χ0n) is 13.9. The highest BCUT2D eigenvalue weighted by atomic mass is 16.5. The first-order valence-corrected chi connectivity index (χ1v) is 7.33. The minimum Gasteiger partial charge on any atom is -0.496 e. The van der Waals surface area contributed by atoms with Crippen LogP contribution in [0.25, 0.3) is 6.08 Å². The predicted molar refractivity (Wildman–Crippen MR) is 91.2 cm³/mol. The van der Waals surface area contributed by atoms with E-state index in [4.69, 9.17) is 14.2 Å². The predicted octanol–water partition coefficient (Wildman–Crippen LogP) is 2.44. The van der Waals surface area contributed by atoms with Gasteiger partial charge in [0.15, 0.2) is 0 Å². The van der Waals surface area contributed by atoms with Crippen LogP contribution in [-0.4, -0.2) is 32.2 Å². The van der Waals surface area contributed by atoms with Crippen LogP contribution in [0.3, 0.4) is 0 Å². The van der Waals surface area contributed by atoms with Crippen LogP contribution in [0.2, 0.25) is 0 Å². The van der Waals surface area contributed by atoms with Crippen molar-refractivity contribution in [3.8, 4) is 17.2 Å². The molecule has 6 nitrogen and oxygen atoms in total. The van der Waals surface area contributed by atoms with Crippen molar-refractivity contribution in [2.24, 2.45) is 0 Å². The molecule has 1 N–H and O–H groups in total. The summed E-state index contributed by atoms with van der Waals surface area (Å²) in [5.74, 6) is 1.55. The Kier molecular flexibility index (Phi) is 6.19. The summed E-state index contributed by atoms with van der Waals surface area (Å²) in [6, 6.07) is 8.98. The lowest BCUT2D eigenvalue weighted by Crippen LogP contribution is -2.21. The number of aromatic nitrogens is 1. The summed E-state index contributed by atoms with van der Waals surface area (Å²) < 4.78 is 15.9. The summed E-state index contributed by atoms with van der Waals surface area (Å²) in [7, 11) is 4.68. The van der Waals surface area contributed by atoms with Gasteiger partial charge in [-0.3, -0.25) is 9.78 Å². The number of hydrogen-bond donors (Lipinski definition) is 1. The molecule has 2 aromatic rings. The molecule has 24 heavy (non-hydrogen) atoms. The van der Waals surface area contributed by atoms with Crippen molar-refractivity contribution in [2.45, 2.75) is 6.54 Å². The van der Waals surface area contributed by atoms with Crippen molar-refractivity contribution in [3.63, 3.8) is 0 Å². The molecule has 1 aromatic carbocycles. The molecule has 0 unspecified atom stereocenters. The number of benzene rings is 1. The molecular formula is C18H20N2O4. The molecule has 0 saturated heterocycles. The fourth-order valence-corrected chi connectivity index (χ4v) is 2.12. The Labute approximate surface area is 141 Å². The molecule has 2 rings (SSSR count). The second kappa shape index (κ2) is 8.57. The number of rotatable bonds is 7. The number of hydrogen-bond acceptors (Lipinski definition) is 5.